The van der Waals surface area contributed by atoms with Gasteiger partial charge in [-0.3, -0.25) is 9.88 Å². The zero-order valence-corrected chi connectivity index (χ0v) is 12.5. The maximum absolute atomic E-state index is 5.77. The molecule has 1 aromatic heterocycles. The summed E-state index contributed by atoms with van der Waals surface area (Å²) in [7, 11) is 0. The van der Waals surface area contributed by atoms with Gasteiger partial charge in [-0.25, -0.2) is 4.98 Å². The van der Waals surface area contributed by atoms with Crippen LogP contribution >= 0.6 is 11.6 Å². The molecular formula is C14H23ClN4. The summed E-state index contributed by atoms with van der Waals surface area (Å²) in [5.41, 5.74) is 0.989. The first-order valence-corrected chi connectivity index (χ1v) is 7.43. The average molecular weight is 283 g/mol. The molecule has 2 heterocycles. The molecule has 0 amide bonds. The van der Waals surface area contributed by atoms with Crippen molar-refractivity contribution in [2.24, 2.45) is 5.92 Å². The van der Waals surface area contributed by atoms with Crippen molar-refractivity contribution in [1.82, 2.24) is 20.2 Å². The Balaban J connectivity index is 1.93. The SMILES string of the molecule is CC(C)CN(Cc1cnc(Cl)cn1)CC1CCCN1. The monoisotopic (exact) mass is 282 g/mol. The molecule has 1 N–H and O–H groups in total. The molecule has 1 saturated heterocycles. The largest absolute Gasteiger partial charge is 0.313 e. The second-order valence-corrected chi connectivity index (χ2v) is 6.10. The molecule has 19 heavy (non-hydrogen) atoms. The van der Waals surface area contributed by atoms with E-state index >= 15 is 0 Å². The van der Waals surface area contributed by atoms with E-state index < -0.39 is 0 Å². The van der Waals surface area contributed by atoms with E-state index in [1.165, 1.54) is 12.8 Å². The number of nitrogens with zero attached hydrogens (tertiary/aromatic N) is 3. The predicted octanol–water partition coefficient (Wildman–Crippen LogP) is 2.34. The minimum atomic E-state index is 0.455. The second kappa shape index (κ2) is 7.17. The summed E-state index contributed by atoms with van der Waals surface area (Å²) < 4.78 is 0. The molecule has 0 saturated carbocycles. The van der Waals surface area contributed by atoms with Gasteiger partial charge in [-0.1, -0.05) is 25.4 Å². The van der Waals surface area contributed by atoms with Gasteiger partial charge in [0.2, 0.25) is 0 Å². The third-order valence-corrected chi connectivity index (χ3v) is 3.52. The Morgan fingerprint density at radius 1 is 1.42 bits per heavy atom. The first-order valence-electron chi connectivity index (χ1n) is 7.05. The highest BCUT2D eigenvalue weighted by molar-refractivity contribution is 6.29. The lowest BCUT2D eigenvalue weighted by Gasteiger charge is -2.26. The van der Waals surface area contributed by atoms with Crippen molar-refractivity contribution in [3.05, 3.63) is 23.2 Å². The molecule has 106 valence electrons. The maximum atomic E-state index is 5.77. The highest BCUT2D eigenvalue weighted by atomic mass is 35.5. The Morgan fingerprint density at radius 2 is 2.26 bits per heavy atom. The minimum Gasteiger partial charge on any atom is -0.313 e. The molecule has 1 atom stereocenters. The van der Waals surface area contributed by atoms with Crippen molar-refractivity contribution in [1.29, 1.82) is 0 Å². The standard InChI is InChI=1S/C14H23ClN4/c1-11(2)8-19(9-12-4-3-5-16-12)10-13-6-18-14(15)7-17-13/h6-7,11-12,16H,3-5,8-10H2,1-2H3. The molecular weight excluding hydrogens is 260 g/mol. The van der Waals surface area contributed by atoms with E-state index in [4.69, 9.17) is 11.6 Å². The number of rotatable bonds is 6. The van der Waals surface area contributed by atoms with Crippen molar-refractivity contribution < 1.29 is 0 Å². The van der Waals surface area contributed by atoms with Crippen LogP contribution in [0.1, 0.15) is 32.4 Å². The van der Waals surface area contributed by atoms with Crippen LogP contribution in [0.2, 0.25) is 5.15 Å². The molecule has 0 spiro atoms. The minimum absolute atomic E-state index is 0.455. The Labute approximate surface area is 120 Å². The van der Waals surface area contributed by atoms with Crippen LogP contribution in [0.25, 0.3) is 0 Å². The third-order valence-electron chi connectivity index (χ3n) is 3.32. The van der Waals surface area contributed by atoms with Gasteiger partial charge >= 0.3 is 0 Å². The van der Waals surface area contributed by atoms with Crippen LogP contribution in [-0.4, -0.2) is 40.5 Å². The van der Waals surface area contributed by atoms with Gasteiger partial charge in [-0.05, 0) is 25.3 Å². The van der Waals surface area contributed by atoms with Crippen molar-refractivity contribution in [3.8, 4) is 0 Å². The van der Waals surface area contributed by atoms with Crippen LogP contribution in [0.15, 0.2) is 12.4 Å². The van der Waals surface area contributed by atoms with Gasteiger partial charge in [0.25, 0.3) is 0 Å². The first-order chi connectivity index (χ1) is 9.13. The van der Waals surface area contributed by atoms with Crippen molar-refractivity contribution in [2.75, 3.05) is 19.6 Å². The first kappa shape index (κ1) is 14.7. The van der Waals surface area contributed by atoms with E-state index in [0.717, 1.165) is 31.9 Å². The van der Waals surface area contributed by atoms with Crippen LogP contribution in [0.4, 0.5) is 0 Å². The van der Waals surface area contributed by atoms with Gasteiger partial charge in [-0.15, -0.1) is 0 Å². The molecule has 5 heteroatoms. The Bertz CT molecular complexity index is 374. The molecule has 1 unspecified atom stereocenters. The van der Waals surface area contributed by atoms with Crippen molar-refractivity contribution >= 4 is 11.6 Å². The van der Waals surface area contributed by atoms with Gasteiger partial charge in [0, 0.05) is 25.7 Å². The number of nitrogens with one attached hydrogen (secondary N) is 1. The Morgan fingerprint density at radius 3 is 2.84 bits per heavy atom. The van der Waals surface area contributed by atoms with E-state index in [9.17, 15) is 0 Å². The van der Waals surface area contributed by atoms with Crippen LogP contribution in [-0.2, 0) is 6.54 Å². The van der Waals surface area contributed by atoms with Gasteiger partial charge in [-0.2, -0.15) is 0 Å². The van der Waals surface area contributed by atoms with E-state index in [-0.39, 0.29) is 0 Å². The summed E-state index contributed by atoms with van der Waals surface area (Å²) in [6.07, 6.45) is 5.97. The number of hydrogen-bond acceptors (Lipinski definition) is 4. The summed E-state index contributed by atoms with van der Waals surface area (Å²) >= 11 is 5.77. The molecule has 0 radical (unpaired) electrons. The Hall–Kier alpha value is -0.710. The second-order valence-electron chi connectivity index (χ2n) is 5.71. The molecule has 1 aromatic rings. The van der Waals surface area contributed by atoms with Gasteiger partial charge in [0.1, 0.15) is 5.15 Å². The average Bonchev–Trinajstić information content (AvgIpc) is 2.84. The summed E-state index contributed by atoms with van der Waals surface area (Å²) in [6.45, 7) is 8.68. The molecule has 0 bridgehead atoms. The quantitative estimate of drug-likeness (QED) is 0.870. The van der Waals surface area contributed by atoms with Crippen molar-refractivity contribution in [3.63, 3.8) is 0 Å². The maximum Gasteiger partial charge on any atom is 0.147 e. The van der Waals surface area contributed by atoms with Gasteiger partial charge in [0.15, 0.2) is 0 Å². The summed E-state index contributed by atoms with van der Waals surface area (Å²) in [5.74, 6) is 0.654. The lowest BCUT2D eigenvalue weighted by atomic mass is 10.1. The number of aromatic nitrogens is 2. The van der Waals surface area contributed by atoms with E-state index in [2.05, 4.69) is 34.0 Å². The smallest absolute Gasteiger partial charge is 0.147 e. The zero-order valence-electron chi connectivity index (χ0n) is 11.8. The fourth-order valence-corrected chi connectivity index (χ4v) is 2.69. The predicted molar refractivity (Wildman–Crippen MR) is 78.2 cm³/mol. The molecule has 1 aliphatic heterocycles. The highest BCUT2D eigenvalue weighted by Gasteiger charge is 2.19. The molecule has 2 rings (SSSR count). The topological polar surface area (TPSA) is 41.1 Å². The lowest BCUT2D eigenvalue weighted by Crippen LogP contribution is -2.39. The van der Waals surface area contributed by atoms with Crippen LogP contribution in [0.3, 0.4) is 0 Å². The zero-order chi connectivity index (χ0) is 13.7. The molecule has 0 aromatic carbocycles. The van der Waals surface area contributed by atoms with Crippen molar-refractivity contribution in [2.45, 2.75) is 39.3 Å². The van der Waals surface area contributed by atoms with E-state index in [0.29, 0.717) is 17.1 Å². The Kier molecular flexibility index (Phi) is 5.55. The molecule has 4 nitrogen and oxygen atoms in total. The summed E-state index contributed by atoms with van der Waals surface area (Å²) in [6, 6.07) is 0.624. The van der Waals surface area contributed by atoms with Crippen LogP contribution < -0.4 is 5.32 Å². The normalized spacial score (nSPS) is 19.5. The fraction of sp³-hybridized carbons (Fsp3) is 0.714. The van der Waals surface area contributed by atoms with Crippen LogP contribution in [0.5, 0.6) is 0 Å². The van der Waals surface area contributed by atoms with E-state index in [1.807, 2.05) is 0 Å². The van der Waals surface area contributed by atoms with E-state index in [1.54, 1.807) is 12.4 Å². The summed E-state index contributed by atoms with van der Waals surface area (Å²) in [5, 5.41) is 4.01. The molecule has 1 aliphatic rings. The van der Waals surface area contributed by atoms with Crippen LogP contribution in [0, 0.1) is 5.92 Å². The van der Waals surface area contributed by atoms with Gasteiger partial charge < -0.3 is 5.32 Å². The molecule has 0 aliphatic carbocycles. The van der Waals surface area contributed by atoms with Gasteiger partial charge in [0.05, 0.1) is 18.1 Å². The fourth-order valence-electron chi connectivity index (χ4n) is 2.59. The highest BCUT2D eigenvalue weighted by Crippen LogP contribution is 2.11. The summed E-state index contributed by atoms with van der Waals surface area (Å²) in [4.78, 5) is 10.9. The molecule has 1 fully saturated rings. The number of halogens is 1. The number of hydrogen-bond donors (Lipinski definition) is 1. The third kappa shape index (κ3) is 5.05. The lowest BCUT2D eigenvalue weighted by molar-refractivity contribution is 0.213.